The average Bonchev–Trinajstić information content (AvgIpc) is 2.64. The van der Waals surface area contributed by atoms with Gasteiger partial charge in [0, 0.05) is 31.3 Å². The normalized spacial score (nSPS) is 11.2. The molecule has 5 nitrogen and oxygen atoms in total. The van der Waals surface area contributed by atoms with E-state index in [0.29, 0.717) is 24.3 Å². The molecule has 2 aromatic rings. The molecule has 24 heavy (non-hydrogen) atoms. The van der Waals surface area contributed by atoms with Gasteiger partial charge in [0.2, 0.25) is 5.91 Å². The smallest absolute Gasteiger partial charge is 0.223 e. The number of carbonyl (C=O) groups excluding carboxylic acids is 1. The number of benzene rings is 2. The lowest BCUT2D eigenvalue weighted by Crippen LogP contribution is -2.31. The fraction of sp³-hybridized carbons (Fsp3) is 0.263. The Kier molecular flexibility index (Phi) is 6.21. The minimum absolute atomic E-state index is 0.171. The van der Waals surface area contributed by atoms with E-state index in [1.165, 1.54) is 0 Å². The highest BCUT2D eigenvalue weighted by Gasteiger charge is 2.17. The highest BCUT2D eigenvalue weighted by Crippen LogP contribution is 2.24. The van der Waals surface area contributed by atoms with Crippen molar-refractivity contribution in [2.45, 2.75) is 12.5 Å². The molecule has 1 atom stereocenters. The molecule has 0 bridgehead atoms. The highest BCUT2D eigenvalue weighted by molar-refractivity contribution is 5.77. The van der Waals surface area contributed by atoms with Gasteiger partial charge in [-0.3, -0.25) is 4.79 Å². The summed E-state index contributed by atoms with van der Waals surface area (Å²) >= 11 is 0. The summed E-state index contributed by atoms with van der Waals surface area (Å²) in [5, 5.41) is 12.1. The fourth-order valence-corrected chi connectivity index (χ4v) is 2.40. The standard InChI is InChI=1S/C19H21N3O2/c1-22(15-8-4-3-5-9-15)13-12-19(23)21-17(14-20)16-10-6-7-11-18(16)24-2/h3-11,17H,12-13H2,1-2H3,(H,21,23). The predicted octanol–water partition coefficient (Wildman–Crippen LogP) is 2.90. The number of nitrogens with one attached hydrogen (secondary N) is 1. The van der Waals surface area contributed by atoms with Gasteiger partial charge in [-0.2, -0.15) is 5.26 Å². The zero-order chi connectivity index (χ0) is 17.4. The van der Waals surface area contributed by atoms with Crippen molar-refractivity contribution in [3.05, 3.63) is 60.2 Å². The van der Waals surface area contributed by atoms with Crippen molar-refractivity contribution in [1.29, 1.82) is 5.26 Å². The maximum atomic E-state index is 12.2. The number of hydrogen-bond acceptors (Lipinski definition) is 4. The lowest BCUT2D eigenvalue weighted by atomic mass is 10.1. The SMILES string of the molecule is COc1ccccc1C(C#N)NC(=O)CCN(C)c1ccccc1. The van der Waals surface area contributed by atoms with Gasteiger partial charge < -0.3 is 15.0 Å². The van der Waals surface area contributed by atoms with E-state index in [9.17, 15) is 10.1 Å². The first-order valence-electron chi connectivity index (χ1n) is 7.73. The minimum atomic E-state index is -0.726. The van der Waals surface area contributed by atoms with E-state index in [0.717, 1.165) is 5.69 Å². The first kappa shape index (κ1) is 17.4. The Morgan fingerprint density at radius 3 is 2.54 bits per heavy atom. The zero-order valence-corrected chi connectivity index (χ0v) is 13.9. The first-order valence-corrected chi connectivity index (χ1v) is 7.73. The van der Waals surface area contributed by atoms with Crippen molar-refractivity contribution >= 4 is 11.6 Å². The van der Waals surface area contributed by atoms with Crippen LogP contribution in [0.15, 0.2) is 54.6 Å². The van der Waals surface area contributed by atoms with Gasteiger partial charge in [-0.15, -0.1) is 0 Å². The van der Waals surface area contributed by atoms with Crippen LogP contribution in [0.25, 0.3) is 0 Å². The summed E-state index contributed by atoms with van der Waals surface area (Å²) in [4.78, 5) is 14.2. The molecule has 0 aromatic heterocycles. The van der Waals surface area contributed by atoms with Gasteiger partial charge in [-0.1, -0.05) is 36.4 Å². The van der Waals surface area contributed by atoms with Gasteiger partial charge in [0.15, 0.2) is 0 Å². The van der Waals surface area contributed by atoms with Crippen molar-refractivity contribution in [3.63, 3.8) is 0 Å². The molecule has 0 saturated carbocycles. The van der Waals surface area contributed by atoms with Crippen molar-refractivity contribution in [3.8, 4) is 11.8 Å². The molecule has 0 fully saturated rings. The number of carbonyl (C=O) groups is 1. The van der Waals surface area contributed by atoms with E-state index >= 15 is 0 Å². The Balaban J connectivity index is 1.94. The second kappa shape index (κ2) is 8.59. The summed E-state index contributed by atoms with van der Waals surface area (Å²) in [6, 6.07) is 18.4. The molecule has 2 aromatic carbocycles. The summed E-state index contributed by atoms with van der Waals surface area (Å²) in [6.07, 6.45) is 0.304. The van der Waals surface area contributed by atoms with Gasteiger partial charge in [0.25, 0.3) is 0 Å². The van der Waals surface area contributed by atoms with Crippen LogP contribution in [0.2, 0.25) is 0 Å². The van der Waals surface area contributed by atoms with Gasteiger partial charge in [0.1, 0.15) is 11.8 Å². The van der Waals surface area contributed by atoms with Crippen LogP contribution in [0.4, 0.5) is 5.69 Å². The van der Waals surface area contributed by atoms with E-state index in [-0.39, 0.29) is 5.91 Å². The number of nitriles is 1. The van der Waals surface area contributed by atoms with Crippen LogP contribution in [0.5, 0.6) is 5.75 Å². The van der Waals surface area contributed by atoms with Crippen LogP contribution in [-0.4, -0.2) is 26.6 Å². The Morgan fingerprint density at radius 2 is 1.88 bits per heavy atom. The van der Waals surface area contributed by atoms with E-state index in [4.69, 9.17) is 4.74 Å². The monoisotopic (exact) mass is 323 g/mol. The summed E-state index contributed by atoms with van der Waals surface area (Å²) in [5.74, 6) is 0.418. The van der Waals surface area contributed by atoms with Crippen molar-refractivity contribution < 1.29 is 9.53 Å². The third-order valence-corrected chi connectivity index (χ3v) is 3.76. The third kappa shape index (κ3) is 4.50. The molecule has 0 aliphatic carbocycles. The van der Waals surface area contributed by atoms with Crippen LogP contribution in [-0.2, 0) is 4.79 Å². The molecule has 1 unspecified atom stereocenters. The Morgan fingerprint density at radius 1 is 1.21 bits per heavy atom. The molecule has 0 aliphatic rings. The average molecular weight is 323 g/mol. The Hall–Kier alpha value is -3.00. The van der Waals surface area contributed by atoms with Crippen LogP contribution in [0, 0.1) is 11.3 Å². The van der Waals surface area contributed by atoms with E-state index in [2.05, 4.69) is 11.4 Å². The number of rotatable bonds is 7. The molecule has 1 N–H and O–H groups in total. The molecule has 0 radical (unpaired) electrons. The van der Waals surface area contributed by atoms with Crippen molar-refractivity contribution in [1.82, 2.24) is 5.32 Å². The van der Waals surface area contributed by atoms with E-state index in [1.54, 1.807) is 19.2 Å². The molecule has 124 valence electrons. The second-order valence-corrected chi connectivity index (χ2v) is 5.38. The van der Waals surface area contributed by atoms with Crippen molar-refractivity contribution in [2.24, 2.45) is 0 Å². The number of hydrogen-bond donors (Lipinski definition) is 1. The number of anilines is 1. The van der Waals surface area contributed by atoms with E-state index < -0.39 is 6.04 Å². The van der Waals surface area contributed by atoms with Crippen LogP contribution < -0.4 is 15.0 Å². The number of nitrogens with zero attached hydrogens (tertiary/aromatic N) is 2. The molecule has 0 heterocycles. The van der Waals surface area contributed by atoms with Crippen LogP contribution in [0.1, 0.15) is 18.0 Å². The second-order valence-electron chi connectivity index (χ2n) is 5.38. The van der Waals surface area contributed by atoms with Gasteiger partial charge in [0.05, 0.1) is 13.2 Å². The molecular weight excluding hydrogens is 302 g/mol. The molecular formula is C19H21N3O2. The van der Waals surface area contributed by atoms with E-state index in [1.807, 2.05) is 54.4 Å². The quantitative estimate of drug-likeness (QED) is 0.851. The fourth-order valence-electron chi connectivity index (χ4n) is 2.40. The number of ether oxygens (including phenoxy) is 1. The molecule has 5 heteroatoms. The maximum Gasteiger partial charge on any atom is 0.223 e. The summed E-state index contributed by atoms with van der Waals surface area (Å²) < 4.78 is 5.26. The zero-order valence-electron chi connectivity index (χ0n) is 13.9. The van der Waals surface area contributed by atoms with Crippen LogP contribution >= 0.6 is 0 Å². The Labute approximate surface area is 142 Å². The number of amides is 1. The van der Waals surface area contributed by atoms with Gasteiger partial charge in [-0.05, 0) is 18.2 Å². The summed E-state index contributed by atoms with van der Waals surface area (Å²) in [6.45, 7) is 0.569. The van der Waals surface area contributed by atoms with Gasteiger partial charge >= 0.3 is 0 Å². The molecule has 2 rings (SSSR count). The minimum Gasteiger partial charge on any atom is -0.496 e. The first-order chi connectivity index (χ1) is 11.7. The predicted molar refractivity (Wildman–Crippen MR) is 93.8 cm³/mol. The molecule has 1 amide bonds. The molecule has 0 spiro atoms. The largest absolute Gasteiger partial charge is 0.496 e. The van der Waals surface area contributed by atoms with Crippen molar-refractivity contribution in [2.75, 3.05) is 25.6 Å². The maximum absolute atomic E-state index is 12.2. The lowest BCUT2D eigenvalue weighted by Gasteiger charge is -2.20. The number of methoxy groups -OCH3 is 1. The molecule has 0 aliphatic heterocycles. The third-order valence-electron chi connectivity index (χ3n) is 3.76. The summed E-state index contributed by atoms with van der Waals surface area (Å²) in [7, 11) is 3.48. The molecule has 0 saturated heterocycles. The summed E-state index contributed by atoms with van der Waals surface area (Å²) in [5.41, 5.74) is 1.71. The Bertz CT molecular complexity index is 710. The lowest BCUT2D eigenvalue weighted by molar-refractivity contribution is -0.121. The van der Waals surface area contributed by atoms with Crippen LogP contribution in [0.3, 0.4) is 0 Å². The van der Waals surface area contributed by atoms with Gasteiger partial charge in [-0.25, -0.2) is 0 Å². The number of para-hydroxylation sites is 2. The topological polar surface area (TPSA) is 65.4 Å². The highest BCUT2D eigenvalue weighted by atomic mass is 16.5.